The second kappa shape index (κ2) is 6.29. The minimum Gasteiger partial charge on any atom is -0.390 e. The number of rotatable bonds is 4. The van der Waals surface area contributed by atoms with Crippen LogP contribution in [0.4, 0.5) is 8.78 Å². The first kappa shape index (κ1) is 16.5. The Bertz CT molecular complexity index is 444. The molecule has 0 saturated heterocycles. The molecular weight excluding hydrogens is 318 g/mol. The summed E-state index contributed by atoms with van der Waals surface area (Å²) in [4.78, 5) is 0. The Balaban J connectivity index is 3.00. The molecule has 0 amide bonds. The van der Waals surface area contributed by atoms with E-state index in [1.807, 2.05) is 20.8 Å². The fraction of sp³-hybridized carbons (Fsp3) is 0.571. The van der Waals surface area contributed by atoms with Crippen LogP contribution in [0.25, 0.3) is 0 Å². The van der Waals surface area contributed by atoms with Gasteiger partial charge in [0.15, 0.2) is 0 Å². The van der Waals surface area contributed by atoms with E-state index < -0.39 is 23.8 Å². The van der Waals surface area contributed by atoms with Crippen molar-refractivity contribution in [1.29, 1.82) is 0 Å². The summed E-state index contributed by atoms with van der Waals surface area (Å²) in [6.07, 6.45) is -1.62. The summed E-state index contributed by atoms with van der Waals surface area (Å²) >= 11 is 3.01. The Morgan fingerprint density at radius 1 is 1.32 bits per heavy atom. The fourth-order valence-corrected chi connectivity index (χ4v) is 2.53. The Kier molecular flexibility index (Phi) is 5.47. The molecular formula is C14H19BrF2O2. The number of ether oxygens (including phenoxy) is 1. The summed E-state index contributed by atoms with van der Waals surface area (Å²) in [6.45, 7) is 5.70. The zero-order chi connectivity index (χ0) is 14.8. The smallest absolute Gasteiger partial charge is 0.143 e. The molecule has 2 unspecified atom stereocenters. The van der Waals surface area contributed by atoms with Crippen LogP contribution in [-0.4, -0.2) is 24.4 Å². The highest BCUT2D eigenvalue weighted by Crippen LogP contribution is 2.28. The molecule has 0 aromatic heterocycles. The third-order valence-electron chi connectivity index (χ3n) is 3.01. The van der Waals surface area contributed by atoms with Gasteiger partial charge >= 0.3 is 0 Å². The van der Waals surface area contributed by atoms with E-state index in [0.717, 1.165) is 0 Å². The van der Waals surface area contributed by atoms with E-state index in [2.05, 4.69) is 15.9 Å². The van der Waals surface area contributed by atoms with Crippen molar-refractivity contribution in [2.24, 2.45) is 5.41 Å². The highest BCUT2D eigenvalue weighted by Gasteiger charge is 2.32. The number of hydrogen-bond donors (Lipinski definition) is 1. The number of halogens is 3. The third-order valence-corrected chi connectivity index (χ3v) is 3.62. The lowest BCUT2D eigenvalue weighted by Gasteiger charge is -2.33. The van der Waals surface area contributed by atoms with Crippen LogP contribution in [0, 0.1) is 17.0 Å². The topological polar surface area (TPSA) is 29.5 Å². The first-order chi connectivity index (χ1) is 8.68. The molecule has 0 radical (unpaired) electrons. The molecule has 19 heavy (non-hydrogen) atoms. The molecule has 0 heterocycles. The fourth-order valence-electron chi connectivity index (χ4n) is 2.16. The number of benzene rings is 1. The van der Waals surface area contributed by atoms with Crippen LogP contribution < -0.4 is 0 Å². The van der Waals surface area contributed by atoms with Crippen LogP contribution in [0.1, 0.15) is 26.3 Å². The highest BCUT2D eigenvalue weighted by molar-refractivity contribution is 9.10. The molecule has 1 aromatic rings. The maximum absolute atomic E-state index is 13.8. The second-order valence-electron chi connectivity index (χ2n) is 5.62. The van der Waals surface area contributed by atoms with Crippen molar-refractivity contribution in [1.82, 2.24) is 0 Å². The molecule has 0 saturated carbocycles. The minimum absolute atomic E-state index is 0.131. The van der Waals surface area contributed by atoms with Gasteiger partial charge in [-0.1, -0.05) is 20.8 Å². The Morgan fingerprint density at radius 2 is 1.89 bits per heavy atom. The van der Waals surface area contributed by atoms with Crippen molar-refractivity contribution in [2.45, 2.75) is 39.4 Å². The standard InChI is InChI=1S/C14H19BrF2O2/c1-14(2,3)13(19-4)11(18)7-8-10(16)6-5-9(15)12(8)17/h5-6,11,13,18H,7H2,1-4H3. The van der Waals surface area contributed by atoms with Gasteiger partial charge in [0.25, 0.3) is 0 Å². The van der Waals surface area contributed by atoms with Gasteiger partial charge in [-0.15, -0.1) is 0 Å². The van der Waals surface area contributed by atoms with Crippen molar-refractivity contribution in [2.75, 3.05) is 7.11 Å². The highest BCUT2D eigenvalue weighted by atomic mass is 79.9. The van der Waals surface area contributed by atoms with Gasteiger partial charge in [0, 0.05) is 19.1 Å². The lowest BCUT2D eigenvalue weighted by molar-refractivity contribution is -0.0703. The van der Waals surface area contributed by atoms with Gasteiger partial charge in [0.05, 0.1) is 16.7 Å². The van der Waals surface area contributed by atoms with E-state index in [9.17, 15) is 13.9 Å². The lowest BCUT2D eigenvalue weighted by Crippen LogP contribution is -2.40. The average molecular weight is 337 g/mol. The molecule has 0 bridgehead atoms. The van der Waals surface area contributed by atoms with Gasteiger partial charge in [0.2, 0.25) is 0 Å². The summed E-state index contributed by atoms with van der Waals surface area (Å²) in [5.41, 5.74) is -0.458. The van der Waals surface area contributed by atoms with E-state index in [-0.39, 0.29) is 21.9 Å². The first-order valence-corrected chi connectivity index (χ1v) is 6.81. The van der Waals surface area contributed by atoms with Crippen molar-refractivity contribution in [3.05, 3.63) is 33.8 Å². The maximum Gasteiger partial charge on any atom is 0.143 e. The van der Waals surface area contributed by atoms with Crippen LogP contribution in [-0.2, 0) is 11.2 Å². The summed E-state index contributed by atoms with van der Waals surface area (Å²) in [5.74, 6) is -1.34. The predicted molar refractivity (Wildman–Crippen MR) is 74.0 cm³/mol. The SMILES string of the molecule is COC(C(O)Cc1c(F)ccc(Br)c1F)C(C)(C)C. The van der Waals surface area contributed by atoms with Crippen LogP contribution >= 0.6 is 15.9 Å². The van der Waals surface area contributed by atoms with Gasteiger partial charge in [-0.05, 0) is 33.5 Å². The summed E-state index contributed by atoms with van der Waals surface area (Å²) in [7, 11) is 1.48. The van der Waals surface area contributed by atoms with E-state index in [0.29, 0.717) is 0 Å². The van der Waals surface area contributed by atoms with Crippen LogP contribution in [0.15, 0.2) is 16.6 Å². The molecule has 2 nitrogen and oxygen atoms in total. The molecule has 0 aliphatic heterocycles. The molecule has 1 N–H and O–H groups in total. The average Bonchev–Trinajstić information content (AvgIpc) is 2.28. The van der Waals surface area contributed by atoms with Gasteiger partial charge in [-0.25, -0.2) is 8.78 Å². The molecule has 1 aromatic carbocycles. The third kappa shape index (κ3) is 3.97. The first-order valence-electron chi connectivity index (χ1n) is 6.01. The van der Waals surface area contributed by atoms with E-state index in [4.69, 9.17) is 4.74 Å². The largest absolute Gasteiger partial charge is 0.390 e. The number of methoxy groups -OCH3 is 1. The van der Waals surface area contributed by atoms with Gasteiger partial charge in [0.1, 0.15) is 11.6 Å². The van der Waals surface area contributed by atoms with Crippen molar-refractivity contribution in [3.8, 4) is 0 Å². The molecule has 0 fully saturated rings. The van der Waals surface area contributed by atoms with Crippen molar-refractivity contribution < 1.29 is 18.6 Å². The van der Waals surface area contributed by atoms with Crippen molar-refractivity contribution >= 4 is 15.9 Å². The number of aliphatic hydroxyl groups is 1. The molecule has 0 aliphatic carbocycles. The van der Waals surface area contributed by atoms with Gasteiger partial charge < -0.3 is 9.84 Å². The summed E-state index contributed by atoms with van der Waals surface area (Å²) in [6, 6.07) is 2.48. The van der Waals surface area contributed by atoms with Crippen LogP contribution in [0.2, 0.25) is 0 Å². The lowest BCUT2D eigenvalue weighted by atomic mass is 9.83. The predicted octanol–water partition coefficient (Wildman–Crippen LogP) is 3.69. The Labute approximate surface area is 120 Å². The normalized spacial score (nSPS) is 15.4. The minimum atomic E-state index is -0.983. The second-order valence-corrected chi connectivity index (χ2v) is 6.47. The van der Waals surface area contributed by atoms with E-state index >= 15 is 0 Å². The molecule has 0 aliphatic rings. The quantitative estimate of drug-likeness (QED) is 0.849. The monoisotopic (exact) mass is 336 g/mol. The van der Waals surface area contributed by atoms with E-state index in [1.165, 1.54) is 19.2 Å². The molecule has 1 rings (SSSR count). The summed E-state index contributed by atoms with van der Waals surface area (Å²) in [5, 5.41) is 10.2. The maximum atomic E-state index is 13.8. The Morgan fingerprint density at radius 3 is 2.37 bits per heavy atom. The number of hydrogen-bond acceptors (Lipinski definition) is 2. The molecule has 5 heteroatoms. The van der Waals surface area contributed by atoms with Crippen molar-refractivity contribution in [3.63, 3.8) is 0 Å². The molecule has 2 atom stereocenters. The molecule has 108 valence electrons. The van der Waals surface area contributed by atoms with Crippen LogP contribution in [0.3, 0.4) is 0 Å². The zero-order valence-electron chi connectivity index (χ0n) is 11.5. The van der Waals surface area contributed by atoms with Gasteiger partial charge in [-0.2, -0.15) is 0 Å². The van der Waals surface area contributed by atoms with Gasteiger partial charge in [-0.3, -0.25) is 0 Å². The number of aliphatic hydroxyl groups excluding tert-OH is 1. The summed E-state index contributed by atoms with van der Waals surface area (Å²) < 4.78 is 32.9. The zero-order valence-corrected chi connectivity index (χ0v) is 13.1. The molecule has 0 spiro atoms. The van der Waals surface area contributed by atoms with Crippen LogP contribution in [0.5, 0.6) is 0 Å². The Hall–Kier alpha value is -0.520. The van der Waals surface area contributed by atoms with E-state index in [1.54, 1.807) is 0 Å².